The van der Waals surface area contributed by atoms with Crippen LogP contribution in [0.5, 0.6) is 0 Å². The van der Waals surface area contributed by atoms with Gasteiger partial charge >= 0.3 is 0 Å². The first-order valence-electron chi connectivity index (χ1n) is 14.7. The molecule has 8 heteroatoms. The third kappa shape index (κ3) is 4.90. The number of carbonyl (C=O) groups is 3. The van der Waals surface area contributed by atoms with E-state index in [0.717, 1.165) is 18.4 Å². The highest BCUT2D eigenvalue weighted by molar-refractivity contribution is 5.99. The van der Waals surface area contributed by atoms with E-state index in [-0.39, 0.29) is 36.9 Å². The number of amides is 3. The minimum atomic E-state index is -1.11. The van der Waals surface area contributed by atoms with Crippen LogP contribution in [0, 0.1) is 11.8 Å². The standard InChI is InChI=1S/C32H45N3O5/c1-6-13-23(5)34(19-8-3)30(39)27-32-17-16-31(9-4,40-32)25(26(32)29(38)35(27)20-21-36)28(37)33(18-7-2)22-24-14-11-10-12-15-24/h7-8,10-12,14-15,23,25-27,36H,2-3,6,9,13,16-22H2,1,4-5H3/t23?,25-,26-,27?,31+,32?/m0/s1. The van der Waals surface area contributed by atoms with Crippen LogP contribution >= 0.6 is 0 Å². The Bertz CT molecular complexity index is 1110. The van der Waals surface area contributed by atoms with Crippen LogP contribution in [-0.2, 0) is 25.7 Å². The fourth-order valence-electron chi connectivity index (χ4n) is 7.47. The number of aliphatic hydroxyl groups is 1. The molecule has 3 aliphatic heterocycles. The van der Waals surface area contributed by atoms with Crippen molar-refractivity contribution in [2.24, 2.45) is 11.8 Å². The Kier molecular flexibility index (Phi) is 9.20. The summed E-state index contributed by atoms with van der Waals surface area (Å²) in [5.74, 6) is -2.13. The normalized spacial score (nSPS) is 29.2. The highest BCUT2D eigenvalue weighted by atomic mass is 16.5. The third-order valence-corrected chi connectivity index (χ3v) is 9.25. The average Bonchev–Trinajstić information content (AvgIpc) is 3.55. The summed E-state index contributed by atoms with van der Waals surface area (Å²) in [4.78, 5) is 48.0. The van der Waals surface area contributed by atoms with Crippen LogP contribution in [0.15, 0.2) is 55.6 Å². The van der Waals surface area contributed by atoms with Gasteiger partial charge in [0.2, 0.25) is 17.7 Å². The molecular weight excluding hydrogens is 506 g/mol. The lowest BCUT2D eigenvalue weighted by Gasteiger charge is -2.38. The van der Waals surface area contributed by atoms with Gasteiger partial charge in [0.05, 0.1) is 24.0 Å². The van der Waals surface area contributed by atoms with Crippen molar-refractivity contribution in [3.63, 3.8) is 0 Å². The second-order valence-electron chi connectivity index (χ2n) is 11.5. The van der Waals surface area contributed by atoms with Gasteiger partial charge in [-0.1, -0.05) is 62.8 Å². The van der Waals surface area contributed by atoms with E-state index in [1.165, 1.54) is 4.90 Å². The zero-order chi connectivity index (χ0) is 29.1. The van der Waals surface area contributed by atoms with E-state index in [4.69, 9.17) is 4.74 Å². The molecule has 3 heterocycles. The summed E-state index contributed by atoms with van der Waals surface area (Å²) in [7, 11) is 0. The summed E-state index contributed by atoms with van der Waals surface area (Å²) < 4.78 is 6.89. The van der Waals surface area contributed by atoms with Crippen LogP contribution in [0.3, 0.4) is 0 Å². The fourth-order valence-corrected chi connectivity index (χ4v) is 7.47. The number of ether oxygens (including phenoxy) is 1. The minimum Gasteiger partial charge on any atom is -0.395 e. The topological polar surface area (TPSA) is 90.4 Å². The molecule has 1 aromatic rings. The summed E-state index contributed by atoms with van der Waals surface area (Å²) in [6.45, 7) is 14.6. The third-order valence-electron chi connectivity index (χ3n) is 9.25. The van der Waals surface area contributed by atoms with Crippen molar-refractivity contribution >= 4 is 17.7 Å². The van der Waals surface area contributed by atoms with Crippen molar-refractivity contribution in [2.75, 3.05) is 26.2 Å². The summed E-state index contributed by atoms with van der Waals surface area (Å²) >= 11 is 0. The molecule has 6 atom stereocenters. The maximum Gasteiger partial charge on any atom is 0.248 e. The molecule has 0 aromatic heterocycles. The van der Waals surface area contributed by atoms with Crippen LogP contribution < -0.4 is 0 Å². The summed E-state index contributed by atoms with van der Waals surface area (Å²) in [5.41, 5.74) is -0.951. The molecule has 40 heavy (non-hydrogen) atoms. The lowest BCUT2D eigenvalue weighted by molar-refractivity contribution is -0.156. The van der Waals surface area contributed by atoms with Gasteiger partial charge in [-0.15, -0.1) is 13.2 Å². The van der Waals surface area contributed by atoms with Gasteiger partial charge in [0.15, 0.2) is 0 Å². The first kappa shape index (κ1) is 30.0. The summed E-state index contributed by atoms with van der Waals surface area (Å²) in [6.07, 6.45) is 6.80. The van der Waals surface area contributed by atoms with Gasteiger partial charge in [-0.2, -0.15) is 0 Å². The van der Waals surface area contributed by atoms with Gasteiger partial charge in [-0.3, -0.25) is 14.4 Å². The summed E-state index contributed by atoms with van der Waals surface area (Å²) in [5, 5.41) is 9.94. The molecule has 1 N–H and O–H groups in total. The molecule has 218 valence electrons. The van der Waals surface area contributed by atoms with Crippen LogP contribution in [0.2, 0.25) is 0 Å². The molecule has 3 unspecified atom stereocenters. The smallest absolute Gasteiger partial charge is 0.248 e. The molecule has 2 bridgehead atoms. The van der Waals surface area contributed by atoms with Crippen molar-refractivity contribution in [1.29, 1.82) is 0 Å². The zero-order valence-corrected chi connectivity index (χ0v) is 24.3. The number of β-amino-alcohol motifs (C(OH)–C–C–N with tert-alkyl or cyclic N) is 1. The first-order chi connectivity index (χ1) is 19.2. The summed E-state index contributed by atoms with van der Waals surface area (Å²) in [6, 6.07) is 8.81. The lowest BCUT2D eigenvalue weighted by atomic mass is 9.64. The molecule has 3 saturated heterocycles. The second-order valence-corrected chi connectivity index (χ2v) is 11.5. The minimum absolute atomic E-state index is 0.0152. The molecule has 3 amide bonds. The maximum atomic E-state index is 14.4. The van der Waals surface area contributed by atoms with E-state index < -0.39 is 29.1 Å². The largest absolute Gasteiger partial charge is 0.395 e. The number of hydrogen-bond donors (Lipinski definition) is 1. The Balaban J connectivity index is 1.76. The number of nitrogens with zero attached hydrogens (tertiary/aromatic N) is 3. The molecule has 1 spiro atoms. The Hall–Kier alpha value is -2.97. The first-order valence-corrected chi connectivity index (χ1v) is 14.7. The predicted molar refractivity (Wildman–Crippen MR) is 154 cm³/mol. The molecule has 8 nitrogen and oxygen atoms in total. The Morgan fingerprint density at radius 1 is 1.15 bits per heavy atom. The lowest BCUT2D eigenvalue weighted by Crippen LogP contribution is -2.58. The van der Waals surface area contributed by atoms with E-state index in [9.17, 15) is 19.5 Å². The van der Waals surface area contributed by atoms with E-state index >= 15 is 0 Å². The van der Waals surface area contributed by atoms with Gasteiger partial charge in [0, 0.05) is 32.2 Å². The predicted octanol–water partition coefficient (Wildman–Crippen LogP) is 3.55. The fraction of sp³-hybridized carbons (Fsp3) is 0.594. The van der Waals surface area contributed by atoms with Crippen LogP contribution in [0.25, 0.3) is 0 Å². The Labute approximate surface area is 238 Å². The second kappa shape index (κ2) is 12.3. The number of hydrogen-bond acceptors (Lipinski definition) is 5. The Morgan fingerprint density at radius 2 is 1.85 bits per heavy atom. The quantitative estimate of drug-likeness (QED) is 0.357. The van der Waals surface area contributed by atoms with Gasteiger partial charge in [0.25, 0.3) is 0 Å². The zero-order valence-electron chi connectivity index (χ0n) is 24.3. The van der Waals surface area contributed by atoms with E-state index in [0.29, 0.717) is 38.9 Å². The van der Waals surface area contributed by atoms with E-state index in [1.807, 2.05) is 44.2 Å². The molecule has 3 aliphatic rings. The highest BCUT2D eigenvalue weighted by Gasteiger charge is 2.79. The number of benzene rings is 1. The molecule has 0 aliphatic carbocycles. The average molecular weight is 552 g/mol. The molecular formula is C32H45N3O5. The van der Waals surface area contributed by atoms with Crippen molar-refractivity contribution in [1.82, 2.24) is 14.7 Å². The molecule has 0 radical (unpaired) electrons. The van der Waals surface area contributed by atoms with E-state index in [2.05, 4.69) is 20.1 Å². The van der Waals surface area contributed by atoms with Gasteiger partial charge < -0.3 is 24.5 Å². The van der Waals surface area contributed by atoms with Gasteiger partial charge in [-0.25, -0.2) is 0 Å². The van der Waals surface area contributed by atoms with Gasteiger partial charge in [0.1, 0.15) is 11.6 Å². The van der Waals surface area contributed by atoms with Crippen molar-refractivity contribution in [3.05, 3.63) is 61.2 Å². The molecule has 1 aromatic carbocycles. The van der Waals surface area contributed by atoms with Crippen molar-refractivity contribution < 1.29 is 24.2 Å². The molecule has 4 rings (SSSR count). The van der Waals surface area contributed by atoms with Crippen LogP contribution in [0.1, 0.15) is 58.4 Å². The maximum absolute atomic E-state index is 14.4. The molecule has 0 saturated carbocycles. The van der Waals surface area contributed by atoms with Gasteiger partial charge in [-0.05, 0) is 38.2 Å². The Morgan fingerprint density at radius 3 is 2.45 bits per heavy atom. The number of fused-ring (bicyclic) bond motifs is 1. The number of aliphatic hydroxyl groups excluding tert-OH is 1. The van der Waals surface area contributed by atoms with Crippen LogP contribution in [-0.4, -0.2) is 87.1 Å². The van der Waals surface area contributed by atoms with Crippen LogP contribution in [0.4, 0.5) is 0 Å². The number of rotatable bonds is 14. The SMILES string of the molecule is C=CCN(Cc1ccccc1)C(=O)[C@@H]1[C@H]2C(=O)N(CCO)C(C(=O)N(CC=C)C(C)CCC)C23CC[C@@]1(CC)O3. The number of carbonyl (C=O) groups excluding carboxylic acids is 3. The van der Waals surface area contributed by atoms with Crippen molar-refractivity contribution in [3.8, 4) is 0 Å². The highest BCUT2D eigenvalue weighted by Crippen LogP contribution is 2.64. The number of likely N-dealkylation sites (tertiary alicyclic amines) is 1. The van der Waals surface area contributed by atoms with E-state index in [1.54, 1.807) is 22.0 Å². The monoisotopic (exact) mass is 551 g/mol. The molecule has 3 fully saturated rings. The van der Waals surface area contributed by atoms with Crippen molar-refractivity contribution in [2.45, 2.75) is 82.7 Å².